The van der Waals surface area contributed by atoms with Crippen molar-refractivity contribution in [2.24, 2.45) is 0 Å². The van der Waals surface area contributed by atoms with E-state index in [0.717, 1.165) is 12.1 Å². The molecule has 0 saturated heterocycles. The van der Waals surface area contributed by atoms with Gasteiger partial charge in [0.2, 0.25) is 5.43 Å². The molecule has 0 saturated carbocycles. The second-order valence-electron chi connectivity index (χ2n) is 6.07. The van der Waals surface area contributed by atoms with E-state index < -0.39 is 5.91 Å². The lowest BCUT2D eigenvalue weighted by atomic mass is 10.1. The van der Waals surface area contributed by atoms with Gasteiger partial charge < -0.3 is 14.6 Å². The fourth-order valence-electron chi connectivity index (χ4n) is 2.81. The summed E-state index contributed by atoms with van der Waals surface area (Å²) in [7, 11) is 1.58. The number of hydrogen-bond acceptors (Lipinski definition) is 4. The molecule has 6 heteroatoms. The van der Waals surface area contributed by atoms with Crippen molar-refractivity contribution >= 4 is 22.6 Å². The fourth-order valence-corrected chi connectivity index (χ4v) is 2.81. The van der Waals surface area contributed by atoms with E-state index in [9.17, 15) is 9.59 Å². The van der Waals surface area contributed by atoms with Crippen molar-refractivity contribution in [2.75, 3.05) is 12.4 Å². The quantitative estimate of drug-likeness (QED) is 0.765. The van der Waals surface area contributed by atoms with Gasteiger partial charge in [0.15, 0.2) is 0 Å². The Morgan fingerprint density at radius 3 is 2.58 bits per heavy atom. The molecule has 2 aromatic heterocycles. The van der Waals surface area contributed by atoms with Crippen molar-refractivity contribution in [3.63, 3.8) is 0 Å². The summed E-state index contributed by atoms with van der Waals surface area (Å²) >= 11 is 0. The van der Waals surface area contributed by atoms with Crippen LogP contribution in [0.15, 0.2) is 47.4 Å². The zero-order valence-electron chi connectivity index (χ0n) is 15.1. The monoisotopic (exact) mass is 351 g/mol. The predicted octanol–water partition coefficient (Wildman–Crippen LogP) is 3.38. The van der Waals surface area contributed by atoms with Crippen molar-refractivity contribution in [3.05, 3.63) is 64.1 Å². The van der Waals surface area contributed by atoms with E-state index in [4.69, 9.17) is 4.74 Å². The van der Waals surface area contributed by atoms with Crippen molar-refractivity contribution in [1.82, 2.24) is 9.55 Å². The highest BCUT2D eigenvalue weighted by Crippen LogP contribution is 2.16. The second kappa shape index (κ2) is 7.39. The highest BCUT2D eigenvalue weighted by atomic mass is 16.5. The minimum absolute atomic E-state index is 0.104. The lowest BCUT2D eigenvalue weighted by Crippen LogP contribution is -2.24. The summed E-state index contributed by atoms with van der Waals surface area (Å²) in [4.78, 5) is 30.0. The van der Waals surface area contributed by atoms with Crippen LogP contribution in [0.2, 0.25) is 0 Å². The number of amides is 1. The average Bonchev–Trinajstić information content (AvgIpc) is 2.64. The number of carbonyl (C=O) groups excluding carboxylic acids is 1. The molecule has 0 radical (unpaired) electrons. The smallest absolute Gasteiger partial charge is 0.261 e. The van der Waals surface area contributed by atoms with Gasteiger partial charge in [-0.1, -0.05) is 6.92 Å². The third-order valence-corrected chi connectivity index (χ3v) is 4.12. The molecule has 1 amide bonds. The number of pyridine rings is 2. The molecule has 0 bridgehead atoms. The molecule has 1 N–H and O–H groups in total. The second-order valence-corrected chi connectivity index (χ2v) is 6.07. The van der Waals surface area contributed by atoms with E-state index >= 15 is 0 Å². The predicted molar refractivity (Wildman–Crippen MR) is 102 cm³/mol. The van der Waals surface area contributed by atoms with Crippen LogP contribution in [0, 0.1) is 6.92 Å². The Morgan fingerprint density at radius 2 is 1.92 bits per heavy atom. The SMILES string of the molecule is CCCn1cc(C(=O)Nc2ccc(OC)cc2)c(=O)c2ccc(C)nc21. The minimum Gasteiger partial charge on any atom is -0.497 e. The number of hydrogen-bond donors (Lipinski definition) is 1. The lowest BCUT2D eigenvalue weighted by molar-refractivity contribution is 0.102. The summed E-state index contributed by atoms with van der Waals surface area (Å²) in [6.07, 6.45) is 2.46. The van der Waals surface area contributed by atoms with Crippen LogP contribution in [0.3, 0.4) is 0 Å². The molecule has 2 heterocycles. The van der Waals surface area contributed by atoms with Crippen LogP contribution in [0.5, 0.6) is 5.75 Å². The van der Waals surface area contributed by atoms with Gasteiger partial charge in [-0.05, 0) is 49.7 Å². The Bertz CT molecular complexity index is 1010. The van der Waals surface area contributed by atoms with Gasteiger partial charge in [-0.25, -0.2) is 4.98 Å². The Balaban J connectivity index is 2.02. The maximum absolute atomic E-state index is 12.8. The van der Waals surface area contributed by atoms with Gasteiger partial charge in [0.1, 0.15) is 17.0 Å². The highest BCUT2D eigenvalue weighted by Gasteiger charge is 2.16. The Morgan fingerprint density at radius 1 is 1.19 bits per heavy atom. The zero-order chi connectivity index (χ0) is 18.7. The summed E-state index contributed by atoms with van der Waals surface area (Å²) in [5.41, 5.74) is 1.83. The molecule has 0 aliphatic heterocycles. The molecule has 3 aromatic rings. The van der Waals surface area contributed by atoms with Crippen LogP contribution in [0.1, 0.15) is 29.4 Å². The molecular formula is C20H21N3O3. The van der Waals surface area contributed by atoms with Crippen LogP contribution in [-0.4, -0.2) is 22.6 Å². The fraction of sp³-hybridized carbons (Fsp3) is 0.250. The molecular weight excluding hydrogens is 330 g/mol. The van der Waals surface area contributed by atoms with Gasteiger partial charge in [-0.2, -0.15) is 0 Å². The Labute approximate surface area is 151 Å². The highest BCUT2D eigenvalue weighted by molar-refractivity contribution is 6.05. The van der Waals surface area contributed by atoms with E-state index in [1.54, 1.807) is 49.7 Å². The normalized spacial score (nSPS) is 10.7. The van der Waals surface area contributed by atoms with Gasteiger partial charge >= 0.3 is 0 Å². The summed E-state index contributed by atoms with van der Waals surface area (Å²) in [5, 5.41) is 3.22. The van der Waals surface area contributed by atoms with Crippen molar-refractivity contribution in [2.45, 2.75) is 26.8 Å². The third-order valence-electron chi connectivity index (χ3n) is 4.12. The number of benzene rings is 1. The molecule has 26 heavy (non-hydrogen) atoms. The summed E-state index contributed by atoms with van der Waals surface area (Å²) in [6, 6.07) is 10.5. The number of rotatable bonds is 5. The first-order valence-electron chi connectivity index (χ1n) is 8.49. The molecule has 0 fully saturated rings. The average molecular weight is 351 g/mol. The number of nitrogens with one attached hydrogen (secondary N) is 1. The minimum atomic E-state index is -0.438. The number of anilines is 1. The van der Waals surface area contributed by atoms with Crippen LogP contribution in [0.25, 0.3) is 11.0 Å². The van der Waals surface area contributed by atoms with Crippen LogP contribution >= 0.6 is 0 Å². The molecule has 3 rings (SSSR count). The van der Waals surface area contributed by atoms with Gasteiger partial charge in [-0.15, -0.1) is 0 Å². The maximum atomic E-state index is 12.8. The summed E-state index contributed by atoms with van der Waals surface area (Å²) < 4.78 is 6.97. The molecule has 0 atom stereocenters. The third kappa shape index (κ3) is 3.44. The zero-order valence-corrected chi connectivity index (χ0v) is 15.1. The van der Waals surface area contributed by atoms with Gasteiger partial charge in [0.25, 0.3) is 5.91 Å². The van der Waals surface area contributed by atoms with Crippen molar-refractivity contribution < 1.29 is 9.53 Å². The van der Waals surface area contributed by atoms with Crippen molar-refractivity contribution in [1.29, 1.82) is 0 Å². The molecule has 6 nitrogen and oxygen atoms in total. The number of methoxy groups -OCH3 is 1. The number of carbonyl (C=O) groups is 1. The van der Waals surface area contributed by atoms with E-state index in [0.29, 0.717) is 29.0 Å². The number of aryl methyl sites for hydroxylation is 2. The van der Waals surface area contributed by atoms with E-state index in [1.807, 2.05) is 18.4 Å². The van der Waals surface area contributed by atoms with E-state index in [2.05, 4.69) is 10.3 Å². The summed E-state index contributed by atoms with van der Waals surface area (Å²) in [5.74, 6) is 0.257. The largest absolute Gasteiger partial charge is 0.497 e. The van der Waals surface area contributed by atoms with Crippen LogP contribution in [0.4, 0.5) is 5.69 Å². The number of ether oxygens (including phenoxy) is 1. The van der Waals surface area contributed by atoms with Crippen LogP contribution < -0.4 is 15.5 Å². The van der Waals surface area contributed by atoms with Gasteiger partial charge in [0, 0.05) is 24.1 Å². The van der Waals surface area contributed by atoms with Crippen molar-refractivity contribution in [3.8, 4) is 5.75 Å². The van der Waals surface area contributed by atoms with Gasteiger partial charge in [-0.3, -0.25) is 9.59 Å². The molecule has 0 aliphatic carbocycles. The first kappa shape index (κ1) is 17.7. The van der Waals surface area contributed by atoms with E-state index in [1.165, 1.54) is 0 Å². The number of fused-ring (bicyclic) bond motifs is 1. The number of aromatic nitrogens is 2. The number of nitrogens with zero attached hydrogens (tertiary/aromatic N) is 2. The standard InChI is InChI=1S/C20H21N3O3/c1-4-11-23-12-17(18(24)16-10-5-13(2)21-19(16)23)20(25)22-14-6-8-15(26-3)9-7-14/h5-10,12H,4,11H2,1-3H3,(H,22,25). The molecule has 0 aliphatic rings. The molecule has 0 spiro atoms. The summed E-state index contributed by atoms with van der Waals surface area (Å²) in [6.45, 7) is 4.59. The Hall–Kier alpha value is -3.15. The Kier molecular flexibility index (Phi) is 5.02. The van der Waals surface area contributed by atoms with Crippen LogP contribution in [-0.2, 0) is 6.54 Å². The van der Waals surface area contributed by atoms with Gasteiger partial charge in [0.05, 0.1) is 12.5 Å². The van der Waals surface area contributed by atoms with E-state index in [-0.39, 0.29) is 11.0 Å². The molecule has 134 valence electrons. The lowest BCUT2D eigenvalue weighted by Gasteiger charge is -2.12. The maximum Gasteiger partial charge on any atom is 0.261 e. The first-order chi connectivity index (χ1) is 12.5. The molecule has 0 unspecified atom stereocenters. The first-order valence-corrected chi connectivity index (χ1v) is 8.49. The topological polar surface area (TPSA) is 73.2 Å². The molecule has 1 aromatic carbocycles.